The van der Waals surface area contributed by atoms with Crippen LogP contribution >= 0.6 is 11.3 Å². The van der Waals surface area contributed by atoms with Crippen LogP contribution in [0, 0.1) is 0 Å². The van der Waals surface area contributed by atoms with Crippen LogP contribution in [0.15, 0.2) is 35.7 Å². The molecule has 1 aromatic carbocycles. The maximum absolute atomic E-state index is 12.7. The van der Waals surface area contributed by atoms with Crippen molar-refractivity contribution in [3.8, 4) is 5.75 Å². The minimum Gasteiger partial charge on any atom is -0.496 e. The lowest BCUT2D eigenvalue weighted by Crippen LogP contribution is -2.32. The number of amides is 1. The number of hydrogen-bond donors (Lipinski definition) is 1. The van der Waals surface area contributed by atoms with Gasteiger partial charge in [0.2, 0.25) is 0 Å². The first-order chi connectivity index (χ1) is 10.2. The number of rotatable bonds is 5. The van der Waals surface area contributed by atoms with Crippen LogP contribution < -0.4 is 10.5 Å². The van der Waals surface area contributed by atoms with Crippen molar-refractivity contribution in [1.82, 2.24) is 4.90 Å². The highest BCUT2D eigenvalue weighted by atomic mass is 32.1. The second-order valence-corrected chi connectivity index (χ2v) is 6.17. The zero-order valence-corrected chi connectivity index (χ0v) is 12.7. The van der Waals surface area contributed by atoms with Gasteiger partial charge in [-0.05, 0) is 30.5 Å². The second-order valence-electron chi connectivity index (χ2n) is 5.26. The highest BCUT2D eigenvalue weighted by Gasteiger charge is 2.33. The first kappa shape index (κ1) is 13.9. The molecule has 0 radical (unpaired) electrons. The van der Waals surface area contributed by atoms with Gasteiger partial charge in [-0.1, -0.05) is 12.1 Å². The lowest BCUT2D eigenvalue weighted by atomic mass is 10.2. The molecule has 0 unspecified atom stereocenters. The third-order valence-corrected chi connectivity index (χ3v) is 4.50. The number of benzene rings is 1. The zero-order chi connectivity index (χ0) is 14.8. The molecule has 21 heavy (non-hydrogen) atoms. The Kier molecular flexibility index (Phi) is 3.84. The fraction of sp³-hybridized carbons (Fsp3) is 0.312. The molecule has 0 aliphatic heterocycles. The Morgan fingerprint density at radius 3 is 2.67 bits per heavy atom. The number of hydrogen-bond acceptors (Lipinski definition) is 4. The third kappa shape index (κ3) is 3.19. The van der Waals surface area contributed by atoms with Gasteiger partial charge in [0.05, 0.1) is 12.0 Å². The summed E-state index contributed by atoms with van der Waals surface area (Å²) < 4.78 is 5.16. The Hall–Kier alpha value is -2.01. The lowest BCUT2D eigenvalue weighted by Gasteiger charge is -2.22. The molecule has 1 aromatic heterocycles. The highest BCUT2D eigenvalue weighted by Crippen LogP contribution is 2.32. The van der Waals surface area contributed by atoms with E-state index in [1.807, 2.05) is 40.6 Å². The van der Waals surface area contributed by atoms with E-state index in [1.165, 1.54) is 11.3 Å². The Bertz CT molecular complexity index is 632. The van der Waals surface area contributed by atoms with Crippen molar-refractivity contribution in [3.63, 3.8) is 0 Å². The van der Waals surface area contributed by atoms with Gasteiger partial charge in [0, 0.05) is 29.7 Å². The van der Waals surface area contributed by atoms with Crippen molar-refractivity contribution < 1.29 is 9.53 Å². The normalized spacial score (nSPS) is 14.0. The molecule has 1 aliphatic rings. The maximum atomic E-state index is 12.7. The number of carbonyl (C=O) groups excluding carboxylic acids is 1. The molecule has 3 rings (SSSR count). The Labute approximate surface area is 128 Å². The molecule has 1 amide bonds. The van der Waals surface area contributed by atoms with E-state index >= 15 is 0 Å². The van der Waals surface area contributed by atoms with E-state index in [1.54, 1.807) is 7.11 Å². The average Bonchev–Trinajstić information content (AvgIpc) is 3.22. The van der Waals surface area contributed by atoms with Gasteiger partial charge in [0.25, 0.3) is 5.91 Å². The summed E-state index contributed by atoms with van der Waals surface area (Å²) in [5.41, 5.74) is 7.55. The van der Waals surface area contributed by atoms with Gasteiger partial charge in [0.1, 0.15) is 5.75 Å². The molecule has 0 atom stereocenters. The summed E-state index contributed by atoms with van der Waals surface area (Å²) in [5.74, 6) is 0.828. The van der Waals surface area contributed by atoms with Crippen LogP contribution in [0.4, 0.5) is 5.69 Å². The van der Waals surface area contributed by atoms with E-state index in [4.69, 9.17) is 10.5 Å². The number of thiophene rings is 1. The minimum absolute atomic E-state index is 0.0858. The summed E-state index contributed by atoms with van der Waals surface area (Å²) in [7, 11) is 1.61. The van der Waals surface area contributed by atoms with E-state index in [-0.39, 0.29) is 5.91 Å². The van der Waals surface area contributed by atoms with Gasteiger partial charge in [-0.15, -0.1) is 11.3 Å². The van der Waals surface area contributed by atoms with Gasteiger partial charge < -0.3 is 15.4 Å². The number of nitrogens with zero attached hydrogens (tertiary/aromatic N) is 1. The van der Waals surface area contributed by atoms with Crippen molar-refractivity contribution >= 4 is 22.9 Å². The summed E-state index contributed by atoms with van der Waals surface area (Å²) >= 11 is 1.43. The standard InChI is InChI=1S/C16H18N2O2S/c1-20-14-8-15(21-10-14)16(19)18(13-6-7-13)9-11-2-4-12(17)5-3-11/h2-5,8,10,13H,6-7,9,17H2,1H3. The Morgan fingerprint density at radius 2 is 2.10 bits per heavy atom. The molecule has 2 aromatic rings. The zero-order valence-electron chi connectivity index (χ0n) is 11.9. The molecular weight excluding hydrogens is 284 g/mol. The number of methoxy groups -OCH3 is 1. The smallest absolute Gasteiger partial charge is 0.264 e. The quantitative estimate of drug-likeness (QED) is 0.863. The Balaban J connectivity index is 1.77. The van der Waals surface area contributed by atoms with Crippen molar-refractivity contribution in [1.29, 1.82) is 0 Å². The minimum atomic E-state index is 0.0858. The predicted molar refractivity (Wildman–Crippen MR) is 84.6 cm³/mol. The molecule has 0 saturated heterocycles. The fourth-order valence-electron chi connectivity index (χ4n) is 2.25. The highest BCUT2D eigenvalue weighted by molar-refractivity contribution is 7.12. The van der Waals surface area contributed by atoms with E-state index in [0.29, 0.717) is 12.6 Å². The molecule has 4 nitrogen and oxygen atoms in total. The second kappa shape index (κ2) is 5.77. The van der Waals surface area contributed by atoms with E-state index in [2.05, 4.69) is 0 Å². The lowest BCUT2D eigenvalue weighted by molar-refractivity contribution is 0.0734. The molecule has 1 heterocycles. The molecule has 0 spiro atoms. The van der Waals surface area contributed by atoms with Crippen molar-refractivity contribution in [2.24, 2.45) is 0 Å². The number of ether oxygens (including phenoxy) is 1. The molecule has 1 aliphatic carbocycles. The fourth-order valence-corrected chi connectivity index (χ4v) is 3.06. The van der Waals surface area contributed by atoms with Crippen LogP contribution in [0.25, 0.3) is 0 Å². The predicted octanol–water partition coefficient (Wildman–Crippen LogP) is 3.14. The number of nitrogen functional groups attached to an aromatic ring is 1. The first-order valence-electron chi connectivity index (χ1n) is 6.95. The van der Waals surface area contributed by atoms with Crippen LogP contribution in [0.3, 0.4) is 0 Å². The van der Waals surface area contributed by atoms with Crippen LogP contribution in [0.1, 0.15) is 28.1 Å². The van der Waals surface area contributed by atoms with Gasteiger partial charge >= 0.3 is 0 Å². The monoisotopic (exact) mass is 302 g/mol. The summed E-state index contributed by atoms with van der Waals surface area (Å²) in [6.07, 6.45) is 2.17. The van der Waals surface area contributed by atoms with Crippen LogP contribution in [-0.4, -0.2) is 24.0 Å². The van der Waals surface area contributed by atoms with Crippen molar-refractivity contribution in [2.45, 2.75) is 25.4 Å². The summed E-state index contributed by atoms with van der Waals surface area (Å²) in [5, 5.41) is 1.86. The van der Waals surface area contributed by atoms with Gasteiger partial charge in [-0.3, -0.25) is 4.79 Å². The molecule has 2 N–H and O–H groups in total. The molecule has 0 bridgehead atoms. The molecule has 110 valence electrons. The molecule has 1 fully saturated rings. The van der Waals surface area contributed by atoms with Crippen molar-refractivity contribution in [2.75, 3.05) is 12.8 Å². The van der Waals surface area contributed by atoms with Gasteiger partial charge in [-0.25, -0.2) is 0 Å². The van der Waals surface area contributed by atoms with Crippen LogP contribution in [-0.2, 0) is 6.54 Å². The topological polar surface area (TPSA) is 55.6 Å². The first-order valence-corrected chi connectivity index (χ1v) is 7.83. The van der Waals surface area contributed by atoms with Gasteiger partial charge in [0.15, 0.2) is 0 Å². The summed E-state index contributed by atoms with van der Waals surface area (Å²) in [6.45, 7) is 0.629. The van der Waals surface area contributed by atoms with Crippen LogP contribution in [0.2, 0.25) is 0 Å². The third-order valence-electron chi connectivity index (χ3n) is 3.60. The summed E-state index contributed by atoms with van der Waals surface area (Å²) in [4.78, 5) is 15.4. The van der Waals surface area contributed by atoms with E-state index < -0.39 is 0 Å². The number of carbonyl (C=O) groups is 1. The van der Waals surface area contributed by atoms with Crippen molar-refractivity contribution in [3.05, 3.63) is 46.2 Å². The van der Waals surface area contributed by atoms with E-state index in [9.17, 15) is 4.79 Å². The van der Waals surface area contributed by atoms with Crippen LogP contribution in [0.5, 0.6) is 5.75 Å². The average molecular weight is 302 g/mol. The van der Waals surface area contributed by atoms with E-state index in [0.717, 1.165) is 34.7 Å². The largest absolute Gasteiger partial charge is 0.496 e. The molecule has 5 heteroatoms. The number of anilines is 1. The van der Waals surface area contributed by atoms with Gasteiger partial charge in [-0.2, -0.15) is 0 Å². The summed E-state index contributed by atoms with van der Waals surface area (Å²) in [6, 6.07) is 9.88. The Morgan fingerprint density at radius 1 is 1.38 bits per heavy atom. The SMILES string of the molecule is COc1csc(C(=O)N(Cc2ccc(N)cc2)C2CC2)c1. The number of nitrogens with two attached hydrogens (primary N) is 1. The maximum Gasteiger partial charge on any atom is 0.264 e. The molecular formula is C16H18N2O2S. The molecule has 1 saturated carbocycles.